The Morgan fingerprint density at radius 2 is 2.09 bits per heavy atom. The maximum absolute atomic E-state index is 5.32. The molecule has 0 radical (unpaired) electrons. The van der Waals surface area contributed by atoms with E-state index in [4.69, 9.17) is 4.74 Å². The summed E-state index contributed by atoms with van der Waals surface area (Å²) in [4.78, 5) is 6.00. The highest BCUT2D eigenvalue weighted by atomic mass is 127. The highest BCUT2D eigenvalue weighted by Crippen LogP contribution is 2.18. The molecule has 0 fully saturated rings. The van der Waals surface area contributed by atoms with Gasteiger partial charge in [0.25, 0.3) is 0 Å². The molecule has 7 heteroatoms. The lowest BCUT2D eigenvalue weighted by Gasteiger charge is -2.10. The first kappa shape index (κ1) is 22.4. The van der Waals surface area contributed by atoms with Gasteiger partial charge in [-0.15, -0.1) is 35.3 Å². The average Bonchev–Trinajstić information content (AvgIpc) is 2.88. The molecule has 0 aliphatic rings. The van der Waals surface area contributed by atoms with Crippen molar-refractivity contribution in [3.8, 4) is 0 Å². The topological polar surface area (TPSA) is 45.7 Å². The van der Waals surface area contributed by atoms with Gasteiger partial charge in [0.2, 0.25) is 0 Å². The highest BCUT2D eigenvalue weighted by molar-refractivity contribution is 14.1. The number of nitrogens with zero attached hydrogens (tertiary/aromatic N) is 1. The predicted octanol–water partition coefficient (Wildman–Crippen LogP) is 3.89. The molecule has 1 aromatic heterocycles. The van der Waals surface area contributed by atoms with Gasteiger partial charge in [-0.25, -0.2) is 0 Å². The van der Waals surface area contributed by atoms with Crippen LogP contribution in [-0.2, 0) is 11.2 Å². The molecule has 0 atom stereocenters. The van der Waals surface area contributed by atoms with Gasteiger partial charge in [0.05, 0.1) is 2.88 Å². The number of ether oxygens (including phenoxy) is 1. The quantitative estimate of drug-likeness (QED) is 0.201. The molecule has 0 saturated carbocycles. The Hall–Kier alpha value is 0.390. The van der Waals surface area contributed by atoms with E-state index >= 15 is 0 Å². The summed E-state index contributed by atoms with van der Waals surface area (Å²) in [7, 11) is 0. The lowest BCUT2D eigenvalue weighted by molar-refractivity contribution is 0.144. The molecule has 128 valence electrons. The summed E-state index contributed by atoms with van der Waals surface area (Å²) in [5.74, 6) is 0.917. The van der Waals surface area contributed by atoms with E-state index in [0.717, 1.165) is 58.1 Å². The number of thiophene rings is 1. The Balaban J connectivity index is 0.00000441. The van der Waals surface area contributed by atoms with Crippen LogP contribution in [0.3, 0.4) is 0 Å². The van der Waals surface area contributed by atoms with E-state index in [9.17, 15) is 0 Å². The molecular formula is C15H27I2N3OS. The Bertz CT molecular complexity index is 413. The van der Waals surface area contributed by atoms with Crippen LogP contribution >= 0.6 is 57.9 Å². The first-order valence-corrected chi connectivity index (χ1v) is 9.50. The number of guanidine groups is 1. The molecule has 1 aromatic rings. The van der Waals surface area contributed by atoms with E-state index < -0.39 is 0 Å². The maximum atomic E-state index is 5.32. The van der Waals surface area contributed by atoms with Crippen molar-refractivity contribution < 1.29 is 4.74 Å². The van der Waals surface area contributed by atoms with Crippen molar-refractivity contribution >= 4 is 63.9 Å². The first-order chi connectivity index (χ1) is 10.3. The third kappa shape index (κ3) is 11.0. The van der Waals surface area contributed by atoms with E-state index in [2.05, 4.69) is 57.3 Å². The molecule has 1 rings (SSSR count). The minimum absolute atomic E-state index is 0. The molecule has 0 amide bonds. The zero-order valence-electron chi connectivity index (χ0n) is 13.4. The monoisotopic (exact) mass is 551 g/mol. The predicted molar refractivity (Wildman–Crippen MR) is 116 cm³/mol. The van der Waals surface area contributed by atoms with Gasteiger partial charge < -0.3 is 15.4 Å². The minimum atomic E-state index is 0. The van der Waals surface area contributed by atoms with Gasteiger partial charge in [0, 0.05) is 37.7 Å². The lowest BCUT2D eigenvalue weighted by atomic mass is 10.3. The van der Waals surface area contributed by atoms with Gasteiger partial charge in [0.15, 0.2) is 5.96 Å². The minimum Gasteiger partial charge on any atom is -0.382 e. The van der Waals surface area contributed by atoms with Gasteiger partial charge in [-0.05, 0) is 67.8 Å². The fourth-order valence-electron chi connectivity index (χ4n) is 1.78. The highest BCUT2D eigenvalue weighted by Gasteiger charge is 2.00. The van der Waals surface area contributed by atoms with Crippen molar-refractivity contribution in [2.75, 3.05) is 32.8 Å². The largest absolute Gasteiger partial charge is 0.382 e. The van der Waals surface area contributed by atoms with Crippen LogP contribution in [0.2, 0.25) is 0 Å². The number of hydrogen-bond acceptors (Lipinski definition) is 3. The van der Waals surface area contributed by atoms with Crippen molar-refractivity contribution in [2.45, 2.75) is 33.1 Å². The molecule has 0 spiro atoms. The Labute approximate surface area is 169 Å². The normalized spacial score (nSPS) is 11.1. The lowest BCUT2D eigenvalue weighted by Crippen LogP contribution is -2.38. The second kappa shape index (κ2) is 14.9. The Kier molecular flexibility index (Phi) is 15.2. The number of rotatable bonds is 10. The fraction of sp³-hybridized carbons (Fsp3) is 0.667. The van der Waals surface area contributed by atoms with Crippen LogP contribution < -0.4 is 10.6 Å². The SMILES string of the molecule is CCNC(=NCCCCOCC)NCCc1ccc(I)s1.I. The Morgan fingerprint density at radius 1 is 1.27 bits per heavy atom. The smallest absolute Gasteiger partial charge is 0.191 e. The molecule has 0 saturated heterocycles. The molecular weight excluding hydrogens is 524 g/mol. The van der Waals surface area contributed by atoms with E-state index in [0.29, 0.717) is 0 Å². The van der Waals surface area contributed by atoms with Crippen molar-refractivity contribution in [3.05, 3.63) is 19.9 Å². The zero-order valence-corrected chi connectivity index (χ0v) is 18.7. The van der Waals surface area contributed by atoms with Crippen molar-refractivity contribution in [2.24, 2.45) is 4.99 Å². The number of unbranched alkanes of at least 4 members (excludes halogenated alkanes) is 1. The molecule has 4 nitrogen and oxygen atoms in total. The van der Waals surface area contributed by atoms with Gasteiger partial charge in [-0.2, -0.15) is 0 Å². The summed E-state index contributed by atoms with van der Waals surface area (Å²) in [6.07, 6.45) is 3.19. The molecule has 2 N–H and O–H groups in total. The fourth-order valence-corrected chi connectivity index (χ4v) is 3.54. The van der Waals surface area contributed by atoms with E-state index in [1.54, 1.807) is 0 Å². The van der Waals surface area contributed by atoms with Crippen LogP contribution in [0.15, 0.2) is 17.1 Å². The van der Waals surface area contributed by atoms with Gasteiger partial charge in [0.1, 0.15) is 0 Å². The van der Waals surface area contributed by atoms with Crippen LogP contribution in [0.5, 0.6) is 0 Å². The third-order valence-electron chi connectivity index (χ3n) is 2.81. The average molecular weight is 551 g/mol. The van der Waals surface area contributed by atoms with Crippen LogP contribution in [0.1, 0.15) is 31.6 Å². The van der Waals surface area contributed by atoms with E-state index in [1.807, 2.05) is 18.3 Å². The van der Waals surface area contributed by atoms with Crippen molar-refractivity contribution in [1.29, 1.82) is 0 Å². The third-order valence-corrected chi connectivity index (χ3v) is 4.76. The number of nitrogens with one attached hydrogen (secondary N) is 2. The molecule has 0 bridgehead atoms. The summed E-state index contributed by atoms with van der Waals surface area (Å²) < 4.78 is 6.67. The molecule has 0 aliphatic heterocycles. The van der Waals surface area contributed by atoms with Gasteiger partial charge >= 0.3 is 0 Å². The summed E-state index contributed by atoms with van der Waals surface area (Å²) >= 11 is 4.22. The van der Waals surface area contributed by atoms with Gasteiger partial charge in [-0.3, -0.25) is 4.99 Å². The molecule has 0 aliphatic carbocycles. The number of aliphatic imine (C=N–C) groups is 1. The van der Waals surface area contributed by atoms with E-state index in [-0.39, 0.29) is 24.0 Å². The molecule has 0 aromatic carbocycles. The maximum Gasteiger partial charge on any atom is 0.191 e. The van der Waals surface area contributed by atoms with Crippen LogP contribution in [-0.4, -0.2) is 38.8 Å². The summed E-state index contributed by atoms with van der Waals surface area (Å²) in [6, 6.07) is 4.37. The summed E-state index contributed by atoms with van der Waals surface area (Å²) in [5, 5.41) is 6.68. The second-order valence-corrected chi connectivity index (χ2v) is 7.61. The summed E-state index contributed by atoms with van der Waals surface area (Å²) in [6.45, 7) is 8.42. The van der Waals surface area contributed by atoms with Crippen LogP contribution in [0.4, 0.5) is 0 Å². The standard InChI is InChI=1S/C15H26IN3OS.HI/c1-3-17-15(18-10-5-6-12-20-4-2)19-11-9-13-7-8-14(16)21-13;/h7-8H,3-6,9-12H2,1-2H3,(H2,17,18,19);1H. The van der Waals surface area contributed by atoms with Crippen molar-refractivity contribution in [1.82, 2.24) is 10.6 Å². The van der Waals surface area contributed by atoms with Crippen molar-refractivity contribution in [3.63, 3.8) is 0 Å². The second-order valence-electron chi connectivity index (χ2n) is 4.55. The first-order valence-electron chi connectivity index (χ1n) is 7.60. The number of halogens is 2. The number of hydrogen-bond donors (Lipinski definition) is 2. The molecule has 0 unspecified atom stereocenters. The zero-order chi connectivity index (χ0) is 15.3. The summed E-state index contributed by atoms with van der Waals surface area (Å²) in [5.41, 5.74) is 0. The van der Waals surface area contributed by atoms with Crippen LogP contribution in [0.25, 0.3) is 0 Å². The molecule has 22 heavy (non-hydrogen) atoms. The van der Waals surface area contributed by atoms with Gasteiger partial charge in [-0.1, -0.05) is 0 Å². The van der Waals surface area contributed by atoms with E-state index in [1.165, 1.54) is 7.76 Å². The Morgan fingerprint density at radius 3 is 2.73 bits per heavy atom. The molecule has 1 heterocycles. The van der Waals surface area contributed by atoms with Crippen LogP contribution in [0, 0.1) is 2.88 Å².